The van der Waals surface area contributed by atoms with Gasteiger partial charge in [-0.1, -0.05) is 0 Å². The van der Waals surface area contributed by atoms with Crippen LogP contribution in [0.2, 0.25) is 0 Å². The topological polar surface area (TPSA) is 46.2 Å². The Hall–Kier alpha value is -1.09. The van der Waals surface area contributed by atoms with Crippen LogP contribution in [0.15, 0.2) is 18.2 Å². The highest BCUT2D eigenvalue weighted by atomic mass is 19.1. The molecule has 0 bridgehead atoms. The van der Waals surface area contributed by atoms with E-state index >= 15 is 0 Å². The highest BCUT2D eigenvalue weighted by Gasteiger charge is 2.22. The number of nitrogen functional groups attached to an aromatic ring is 1. The van der Waals surface area contributed by atoms with Crippen LogP contribution < -0.4 is 5.73 Å². The van der Waals surface area contributed by atoms with Crippen LogP contribution in [0.3, 0.4) is 0 Å². The molecule has 2 rings (SSSR count). The van der Waals surface area contributed by atoms with E-state index in [1.807, 2.05) is 0 Å². The standard InChI is InChI=1S/C12H16FNO/c13-9-3-6-12(14)11(7-9)8-1-4-10(15)5-2-8/h3,6-8,10,15H,1-2,4-5,14H2. The van der Waals surface area contributed by atoms with Gasteiger partial charge in [-0.25, -0.2) is 4.39 Å². The second-order valence-electron chi connectivity index (χ2n) is 4.28. The van der Waals surface area contributed by atoms with Gasteiger partial charge >= 0.3 is 0 Å². The molecule has 1 saturated carbocycles. The summed E-state index contributed by atoms with van der Waals surface area (Å²) < 4.78 is 13.1. The number of halogens is 1. The van der Waals surface area contributed by atoms with Gasteiger partial charge in [-0.15, -0.1) is 0 Å². The molecule has 0 spiro atoms. The van der Waals surface area contributed by atoms with Crippen molar-refractivity contribution >= 4 is 5.69 Å². The number of aliphatic hydroxyl groups excluding tert-OH is 1. The minimum Gasteiger partial charge on any atom is -0.398 e. The molecular weight excluding hydrogens is 193 g/mol. The van der Waals surface area contributed by atoms with Gasteiger partial charge in [0.2, 0.25) is 0 Å². The monoisotopic (exact) mass is 209 g/mol. The number of nitrogens with two attached hydrogens (primary N) is 1. The molecule has 0 heterocycles. The third-order valence-electron chi connectivity index (χ3n) is 3.19. The normalized spacial score (nSPS) is 26.5. The van der Waals surface area contributed by atoms with Crippen LogP contribution in [0.1, 0.15) is 37.2 Å². The van der Waals surface area contributed by atoms with Crippen molar-refractivity contribution in [2.45, 2.75) is 37.7 Å². The Labute approximate surface area is 88.9 Å². The first-order chi connectivity index (χ1) is 7.16. The summed E-state index contributed by atoms with van der Waals surface area (Å²) in [4.78, 5) is 0. The van der Waals surface area contributed by atoms with Crippen molar-refractivity contribution in [2.75, 3.05) is 5.73 Å². The fourth-order valence-corrected chi connectivity index (χ4v) is 2.29. The summed E-state index contributed by atoms with van der Waals surface area (Å²) in [6, 6.07) is 4.53. The summed E-state index contributed by atoms with van der Waals surface area (Å²) >= 11 is 0. The van der Waals surface area contributed by atoms with Crippen LogP contribution in [0.5, 0.6) is 0 Å². The van der Waals surface area contributed by atoms with Crippen molar-refractivity contribution in [3.8, 4) is 0 Å². The minimum absolute atomic E-state index is 0.184. The molecule has 0 aromatic heterocycles. The van der Waals surface area contributed by atoms with Gasteiger partial charge in [-0.2, -0.15) is 0 Å². The molecule has 0 saturated heterocycles. The molecule has 1 aromatic carbocycles. The number of rotatable bonds is 1. The molecule has 0 radical (unpaired) electrons. The zero-order valence-corrected chi connectivity index (χ0v) is 8.62. The Kier molecular flexibility index (Phi) is 2.91. The predicted octanol–water partition coefficient (Wildman–Crippen LogP) is 2.43. The molecule has 1 aliphatic rings. The van der Waals surface area contributed by atoms with Crippen molar-refractivity contribution in [3.05, 3.63) is 29.6 Å². The van der Waals surface area contributed by atoms with Crippen LogP contribution >= 0.6 is 0 Å². The third kappa shape index (κ3) is 2.29. The summed E-state index contributed by atoms with van der Waals surface area (Å²) in [7, 11) is 0. The van der Waals surface area contributed by atoms with Crippen molar-refractivity contribution in [1.82, 2.24) is 0 Å². The molecule has 0 atom stereocenters. The quantitative estimate of drug-likeness (QED) is 0.698. The lowest BCUT2D eigenvalue weighted by atomic mass is 9.82. The van der Waals surface area contributed by atoms with Crippen LogP contribution in [-0.2, 0) is 0 Å². The molecule has 1 fully saturated rings. The minimum atomic E-state index is -0.231. The van der Waals surface area contributed by atoms with Gasteiger partial charge in [0.05, 0.1) is 6.10 Å². The average molecular weight is 209 g/mol. The molecule has 3 N–H and O–H groups in total. The van der Waals surface area contributed by atoms with Gasteiger partial charge in [-0.05, 0) is 55.4 Å². The molecule has 0 unspecified atom stereocenters. The second kappa shape index (κ2) is 4.19. The maximum atomic E-state index is 13.1. The number of aliphatic hydroxyl groups is 1. The highest BCUT2D eigenvalue weighted by molar-refractivity contribution is 5.48. The van der Waals surface area contributed by atoms with E-state index in [-0.39, 0.29) is 11.9 Å². The van der Waals surface area contributed by atoms with Crippen molar-refractivity contribution < 1.29 is 9.50 Å². The van der Waals surface area contributed by atoms with Gasteiger partial charge in [0, 0.05) is 5.69 Å². The Morgan fingerprint density at radius 3 is 2.53 bits per heavy atom. The Balaban J connectivity index is 2.18. The fraction of sp³-hybridized carbons (Fsp3) is 0.500. The van der Waals surface area contributed by atoms with Crippen LogP contribution in [0.25, 0.3) is 0 Å². The summed E-state index contributed by atoms with van der Waals surface area (Å²) in [6.07, 6.45) is 3.20. The average Bonchev–Trinajstić information content (AvgIpc) is 2.23. The zero-order chi connectivity index (χ0) is 10.8. The third-order valence-corrected chi connectivity index (χ3v) is 3.19. The maximum absolute atomic E-state index is 13.1. The molecular formula is C12H16FNO. The molecule has 15 heavy (non-hydrogen) atoms. The van der Waals surface area contributed by atoms with Crippen molar-refractivity contribution in [2.24, 2.45) is 0 Å². The Morgan fingerprint density at radius 2 is 1.87 bits per heavy atom. The SMILES string of the molecule is Nc1ccc(F)cc1C1CCC(O)CC1. The van der Waals surface area contributed by atoms with E-state index < -0.39 is 0 Å². The maximum Gasteiger partial charge on any atom is 0.123 e. The summed E-state index contributed by atoms with van der Waals surface area (Å²) in [6.45, 7) is 0. The molecule has 1 aliphatic carbocycles. The number of anilines is 1. The first kappa shape index (κ1) is 10.4. The second-order valence-corrected chi connectivity index (χ2v) is 4.28. The number of hydrogen-bond acceptors (Lipinski definition) is 2. The highest BCUT2D eigenvalue weighted by Crippen LogP contribution is 2.35. The lowest BCUT2D eigenvalue weighted by molar-refractivity contribution is 0.122. The Morgan fingerprint density at radius 1 is 1.20 bits per heavy atom. The summed E-state index contributed by atoms with van der Waals surface area (Å²) in [5.41, 5.74) is 7.39. The Bertz CT molecular complexity index is 345. The summed E-state index contributed by atoms with van der Waals surface area (Å²) in [5.74, 6) is 0.0782. The lowest BCUT2D eigenvalue weighted by Gasteiger charge is -2.26. The molecule has 0 aliphatic heterocycles. The number of hydrogen-bond donors (Lipinski definition) is 2. The smallest absolute Gasteiger partial charge is 0.123 e. The van der Waals surface area contributed by atoms with Gasteiger partial charge < -0.3 is 10.8 Å². The first-order valence-corrected chi connectivity index (χ1v) is 5.40. The van der Waals surface area contributed by atoms with E-state index in [0.29, 0.717) is 11.6 Å². The molecule has 2 nitrogen and oxygen atoms in total. The van der Waals surface area contributed by atoms with Gasteiger partial charge in [0.1, 0.15) is 5.82 Å². The first-order valence-electron chi connectivity index (χ1n) is 5.40. The molecule has 3 heteroatoms. The van der Waals surface area contributed by atoms with E-state index in [1.54, 1.807) is 6.07 Å². The van der Waals surface area contributed by atoms with Crippen LogP contribution in [0.4, 0.5) is 10.1 Å². The van der Waals surface area contributed by atoms with E-state index in [1.165, 1.54) is 12.1 Å². The van der Waals surface area contributed by atoms with Gasteiger partial charge in [0.25, 0.3) is 0 Å². The summed E-state index contributed by atoms with van der Waals surface area (Å²) in [5, 5.41) is 9.39. The zero-order valence-electron chi connectivity index (χ0n) is 8.62. The predicted molar refractivity (Wildman–Crippen MR) is 58.0 cm³/mol. The van der Waals surface area contributed by atoms with Crippen molar-refractivity contribution in [3.63, 3.8) is 0 Å². The molecule has 82 valence electrons. The van der Waals surface area contributed by atoms with Crippen LogP contribution in [0, 0.1) is 5.82 Å². The van der Waals surface area contributed by atoms with Crippen molar-refractivity contribution in [1.29, 1.82) is 0 Å². The van der Waals surface area contributed by atoms with E-state index in [9.17, 15) is 9.50 Å². The number of benzene rings is 1. The lowest BCUT2D eigenvalue weighted by Crippen LogP contribution is -2.17. The fourth-order valence-electron chi connectivity index (χ4n) is 2.29. The largest absolute Gasteiger partial charge is 0.398 e. The molecule has 0 amide bonds. The van der Waals surface area contributed by atoms with Gasteiger partial charge in [0.15, 0.2) is 0 Å². The van der Waals surface area contributed by atoms with E-state index in [4.69, 9.17) is 5.73 Å². The van der Waals surface area contributed by atoms with E-state index in [0.717, 1.165) is 31.2 Å². The van der Waals surface area contributed by atoms with E-state index in [2.05, 4.69) is 0 Å². The van der Waals surface area contributed by atoms with Gasteiger partial charge in [-0.3, -0.25) is 0 Å². The van der Waals surface area contributed by atoms with Crippen LogP contribution in [-0.4, -0.2) is 11.2 Å². The molecule has 1 aromatic rings.